The molecule has 0 bridgehead atoms. The lowest BCUT2D eigenvalue weighted by Crippen LogP contribution is -2.13. The molecule has 0 unspecified atom stereocenters. The van der Waals surface area contributed by atoms with E-state index < -0.39 is 11.8 Å². The summed E-state index contributed by atoms with van der Waals surface area (Å²) >= 11 is 6.03. The number of carbonyl (C=O) groups excluding carboxylic acids is 1. The number of halogens is 2. The second kappa shape index (κ2) is 9.01. The van der Waals surface area contributed by atoms with E-state index in [4.69, 9.17) is 16.3 Å². The molecule has 1 N–H and O–H groups in total. The van der Waals surface area contributed by atoms with E-state index in [-0.39, 0.29) is 5.57 Å². The minimum absolute atomic E-state index is 0.265. The van der Waals surface area contributed by atoms with Gasteiger partial charge in [-0.1, -0.05) is 18.2 Å². The standard InChI is InChI=1S/C22H21ClFN3O2/c1-4-25-11-17(22(28)29-3)13(2)27-21-10-20(26-12-18(21)14-5-6-14)16-9-15(23)7-8-19(16)24/h4,7-12,14H,1,5-6H2,2-3H3,(H,26,27)/b17-13-,25-11?. The summed E-state index contributed by atoms with van der Waals surface area (Å²) in [6.45, 7) is 5.27. The number of pyridine rings is 1. The van der Waals surface area contributed by atoms with Gasteiger partial charge in [-0.05, 0) is 55.5 Å². The highest BCUT2D eigenvalue weighted by atomic mass is 35.5. The number of esters is 1. The van der Waals surface area contributed by atoms with Crippen molar-refractivity contribution in [2.45, 2.75) is 25.7 Å². The molecule has 1 aliphatic carbocycles. The molecule has 3 rings (SSSR count). The van der Waals surface area contributed by atoms with Crippen LogP contribution in [0.25, 0.3) is 11.3 Å². The van der Waals surface area contributed by atoms with Crippen LogP contribution in [0.5, 0.6) is 0 Å². The van der Waals surface area contributed by atoms with Crippen LogP contribution in [-0.4, -0.2) is 24.3 Å². The Hall–Kier alpha value is -2.99. The predicted octanol–water partition coefficient (Wildman–Crippen LogP) is 5.49. The average molecular weight is 414 g/mol. The third-order valence-electron chi connectivity index (χ3n) is 4.60. The van der Waals surface area contributed by atoms with Gasteiger partial charge in [0.15, 0.2) is 0 Å². The van der Waals surface area contributed by atoms with Crippen LogP contribution >= 0.6 is 11.6 Å². The smallest absolute Gasteiger partial charge is 0.341 e. The third-order valence-corrected chi connectivity index (χ3v) is 4.83. The number of methoxy groups -OCH3 is 1. The van der Waals surface area contributed by atoms with Crippen LogP contribution in [0, 0.1) is 5.82 Å². The van der Waals surface area contributed by atoms with Gasteiger partial charge in [0, 0.05) is 40.6 Å². The first-order valence-electron chi connectivity index (χ1n) is 9.10. The number of carbonyl (C=O) groups is 1. The maximum Gasteiger partial charge on any atom is 0.341 e. The molecule has 1 fully saturated rings. The number of nitrogens with one attached hydrogen (secondary N) is 1. The molecule has 1 heterocycles. The van der Waals surface area contributed by atoms with E-state index in [1.54, 1.807) is 25.3 Å². The van der Waals surface area contributed by atoms with Gasteiger partial charge in [-0.25, -0.2) is 9.18 Å². The SMILES string of the molecule is C=CN=C/C(C(=O)OC)=C(\C)Nc1cc(-c2cc(Cl)ccc2F)ncc1C1CC1. The van der Waals surface area contributed by atoms with Crippen LogP contribution in [0.1, 0.15) is 31.2 Å². The predicted molar refractivity (Wildman–Crippen MR) is 114 cm³/mol. The molecule has 0 aliphatic heterocycles. The normalized spacial score (nSPS) is 14.5. The van der Waals surface area contributed by atoms with Crippen molar-refractivity contribution < 1.29 is 13.9 Å². The number of allylic oxidation sites excluding steroid dienone is 1. The highest BCUT2D eigenvalue weighted by Gasteiger charge is 2.27. The molecule has 29 heavy (non-hydrogen) atoms. The molecular formula is C22H21ClFN3O2. The van der Waals surface area contributed by atoms with Crippen molar-refractivity contribution in [1.29, 1.82) is 0 Å². The van der Waals surface area contributed by atoms with Gasteiger partial charge in [0.2, 0.25) is 0 Å². The van der Waals surface area contributed by atoms with Crippen LogP contribution < -0.4 is 5.32 Å². The van der Waals surface area contributed by atoms with Gasteiger partial charge in [-0.2, -0.15) is 0 Å². The molecule has 0 atom stereocenters. The van der Waals surface area contributed by atoms with Crippen LogP contribution in [-0.2, 0) is 9.53 Å². The first kappa shape index (κ1) is 20.7. The van der Waals surface area contributed by atoms with Gasteiger partial charge in [-0.3, -0.25) is 9.98 Å². The van der Waals surface area contributed by atoms with Crippen molar-refractivity contribution in [3.63, 3.8) is 0 Å². The summed E-state index contributed by atoms with van der Waals surface area (Å²) < 4.78 is 19.2. The minimum Gasteiger partial charge on any atom is -0.465 e. The van der Waals surface area contributed by atoms with E-state index in [2.05, 4.69) is 21.9 Å². The molecule has 7 heteroatoms. The largest absolute Gasteiger partial charge is 0.465 e. The number of aliphatic imine (C=N–C) groups is 1. The number of anilines is 1. The van der Waals surface area contributed by atoms with Crippen LogP contribution in [0.3, 0.4) is 0 Å². The Morgan fingerprint density at radius 3 is 2.83 bits per heavy atom. The number of rotatable bonds is 7. The topological polar surface area (TPSA) is 63.6 Å². The molecular weight excluding hydrogens is 393 g/mol. The van der Waals surface area contributed by atoms with Gasteiger partial charge in [-0.15, -0.1) is 0 Å². The van der Waals surface area contributed by atoms with Crippen LogP contribution in [0.2, 0.25) is 5.02 Å². The summed E-state index contributed by atoms with van der Waals surface area (Å²) in [4.78, 5) is 20.5. The Balaban J connectivity index is 2.06. The monoisotopic (exact) mass is 413 g/mol. The summed E-state index contributed by atoms with van der Waals surface area (Å²) in [5, 5.41) is 3.68. The van der Waals surface area contributed by atoms with Gasteiger partial charge < -0.3 is 10.1 Å². The van der Waals surface area contributed by atoms with E-state index >= 15 is 0 Å². The summed E-state index contributed by atoms with van der Waals surface area (Å²) in [5.74, 6) is -0.545. The zero-order chi connectivity index (χ0) is 21.0. The van der Waals surface area contributed by atoms with Crippen molar-refractivity contribution in [2.24, 2.45) is 4.99 Å². The Kier molecular flexibility index (Phi) is 6.44. The molecule has 150 valence electrons. The van der Waals surface area contributed by atoms with Gasteiger partial charge >= 0.3 is 5.97 Å². The average Bonchev–Trinajstić information content (AvgIpc) is 3.55. The molecule has 5 nitrogen and oxygen atoms in total. The zero-order valence-electron chi connectivity index (χ0n) is 16.2. The molecule has 0 amide bonds. The van der Waals surface area contributed by atoms with E-state index in [0.29, 0.717) is 27.9 Å². The second-order valence-electron chi connectivity index (χ2n) is 6.67. The lowest BCUT2D eigenvalue weighted by atomic mass is 10.1. The quantitative estimate of drug-likeness (QED) is 0.370. The molecule has 1 aliphatic rings. The minimum atomic E-state index is -0.524. The number of hydrogen-bond donors (Lipinski definition) is 1. The fraction of sp³-hybridized carbons (Fsp3) is 0.227. The van der Waals surface area contributed by atoms with Crippen molar-refractivity contribution in [3.05, 3.63) is 70.9 Å². The van der Waals surface area contributed by atoms with E-state index in [1.807, 2.05) is 0 Å². The molecule has 0 saturated heterocycles. The second-order valence-corrected chi connectivity index (χ2v) is 7.11. The third kappa shape index (κ3) is 4.90. The lowest BCUT2D eigenvalue weighted by Gasteiger charge is -2.15. The Bertz CT molecular complexity index is 1010. The highest BCUT2D eigenvalue weighted by Crippen LogP contribution is 2.44. The first-order chi connectivity index (χ1) is 13.9. The zero-order valence-corrected chi connectivity index (χ0v) is 17.0. The maximum atomic E-state index is 14.3. The number of nitrogens with zero attached hydrogens (tertiary/aromatic N) is 2. The van der Waals surface area contributed by atoms with Crippen molar-refractivity contribution in [2.75, 3.05) is 12.4 Å². The van der Waals surface area contributed by atoms with Gasteiger partial charge in [0.25, 0.3) is 0 Å². The van der Waals surface area contributed by atoms with Gasteiger partial charge in [0.1, 0.15) is 5.82 Å². The van der Waals surface area contributed by atoms with E-state index in [1.165, 1.54) is 31.7 Å². The molecule has 0 spiro atoms. The molecule has 1 saturated carbocycles. The fourth-order valence-electron chi connectivity index (χ4n) is 2.94. The summed E-state index contributed by atoms with van der Waals surface area (Å²) in [6.07, 6.45) is 6.59. The Morgan fingerprint density at radius 2 is 2.17 bits per heavy atom. The number of hydrogen-bond acceptors (Lipinski definition) is 5. The van der Waals surface area contributed by atoms with Crippen LogP contribution in [0.15, 0.2) is 59.5 Å². The van der Waals surface area contributed by atoms with Crippen molar-refractivity contribution in [1.82, 2.24) is 4.98 Å². The Labute approximate surface area is 174 Å². The summed E-state index contributed by atoms with van der Waals surface area (Å²) in [6, 6.07) is 6.12. The van der Waals surface area contributed by atoms with Crippen LogP contribution in [0.4, 0.5) is 10.1 Å². The summed E-state index contributed by atoms with van der Waals surface area (Å²) in [7, 11) is 1.31. The first-order valence-corrected chi connectivity index (χ1v) is 9.48. The summed E-state index contributed by atoms with van der Waals surface area (Å²) in [5.41, 5.74) is 3.34. The lowest BCUT2D eigenvalue weighted by molar-refractivity contribution is -0.135. The Morgan fingerprint density at radius 1 is 1.41 bits per heavy atom. The number of aromatic nitrogens is 1. The molecule has 1 aromatic heterocycles. The molecule has 2 aromatic rings. The van der Waals surface area contributed by atoms with Crippen molar-refractivity contribution in [3.8, 4) is 11.3 Å². The fourth-order valence-corrected chi connectivity index (χ4v) is 3.12. The van der Waals surface area contributed by atoms with Gasteiger partial charge in [0.05, 0.1) is 18.4 Å². The maximum absolute atomic E-state index is 14.3. The highest BCUT2D eigenvalue weighted by molar-refractivity contribution is 6.30. The molecule has 0 radical (unpaired) electrons. The van der Waals surface area contributed by atoms with E-state index in [9.17, 15) is 9.18 Å². The number of benzene rings is 1. The van der Waals surface area contributed by atoms with Crippen molar-refractivity contribution >= 4 is 29.5 Å². The molecule has 1 aromatic carbocycles. The van der Waals surface area contributed by atoms with E-state index in [0.717, 1.165) is 24.1 Å². The number of ether oxygens (including phenoxy) is 1.